The van der Waals surface area contributed by atoms with Crippen molar-refractivity contribution in [3.05, 3.63) is 111 Å². The molecule has 1 heterocycles. The van der Waals surface area contributed by atoms with Crippen molar-refractivity contribution in [1.29, 1.82) is 0 Å². The molecule has 0 fully saturated rings. The van der Waals surface area contributed by atoms with Gasteiger partial charge in [-0.2, -0.15) is 0 Å². The van der Waals surface area contributed by atoms with Gasteiger partial charge in [-0.25, -0.2) is 22.6 Å². The number of carbonyl (C=O) groups excluding carboxylic acids is 4. The van der Waals surface area contributed by atoms with Crippen molar-refractivity contribution in [2.45, 2.75) is 50.3 Å². The van der Waals surface area contributed by atoms with E-state index in [1.165, 1.54) is 54.6 Å². The highest BCUT2D eigenvalue weighted by atomic mass is 35.5. The number of anilines is 1. The zero-order chi connectivity index (χ0) is 37.5. The van der Waals surface area contributed by atoms with E-state index in [1.807, 2.05) is 0 Å². The van der Waals surface area contributed by atoms with Crippen LogP contribution < -0.4 is 15.6 Å². The van der Waals surface area contributed by atoms with Crippen LogP contribution in [0, 0.1) is 5.82 Å². The van der Waals surface area contributed by atoms with Crippen molar-refractivity contribution in [2.75, 3.05) is 11.3 Å². The molecule has 0 aliphatic heterocycles. The molecule has 2 N–H and O–H groups in total. The largest absolute Gasteiger partial charge is 0.460 e. The molecule has 17 heteroatoms. The topological polar surface area (TPSA) is 180 Å². The van der Waals surface area contributed by atoms with E-state index in [-0.39, 0.29) is 31.9 Å². The van der Waals surface area contributed by atoms with Crippen LogP contribution >= 0.6 is 23.2 Å². The minimum absolute atomic E-state index is 0.0390. The van der Waals surface area contributed by atoms with Crippen LogP contribution in [-0.4, -0.2) is 59.8 Å². The number of hydrogen-bond donors (Lipinski definition) is 2. The quantitative estimate of drug-likeness (QED) is 0.180. The second kappa shape index (κ2) is 16.3. The molecule has 3 aromatic carbocycles. The third kappa shape index (κ3) is 10.4. The van der Waals surface area contributed by atoms with E-state index in [9.17, 15) is 36.8 Å². The molecule has 0 bridgehead atoms. The molecule has 0 spiro atoms. The first-order chi connectivity index (χ1) is 23.9. The van der Waals surface area contributed by atoms with Gasteiger partial charge in [-0.3, -0.25) is 28.5 Å². The number of carbonyl (C=O) groups is 4. The Bertz CT molecular complexity index is 2100. The number of ketones is 1. The van der Waals surface area contributed by atoms with Crippen LogP contribution in [0.25, 0.3) is 11.4 Å². The smallest absolute Gasteiger partial charge is 0.341 e. The zero-order valence-electron chi connectivity index (χ0n) is 27.3. The van der Waals surface area contributed by atoms with Gasteiger partial charge in [-0.1, -0.05) is 47.5 Å². The average Bonchev–Trinajstić information content (AvgIpc) is 3.05. The summed E-state index contributed by atoms with van der Waals surface area (Å²) < 4.78 is 53.1. The van der Waals surface area contributed by atoms with Crippen molar-refractivity contribution in [3.63, 3.8) is 0 Å². The predicted octanol–water partition coefficient (Wildman–Crippen LogP) is 4.80. The van der Waals surface area contributed by atoms with Gasteiger partial charge in [0.05, 0.1) is 33.1 Å². The first-order valence-corrected chi connectivity index (χ1v) is 17.3. The monoisotopic (exact) mass is 760 g/mol. The third-order valence-corrected chi connectivity index (χ3v) is 8.79. The molecule has 0 saturated heterocycles. The summed E-state index contributed by atoms with van der Waals surface area (Å²) in [7, 11) is -4.27. The molecule has 0 aliphatic carbocycles. The van der Waals surface area contributed by atoms with E-state index in [0.717, 1.165) is 22.9 Å². The maximum absolute atomic E-state index is 13.7. The molecule has 268 valence electrons. The summed E-state index contributed by atoms with van der Waals surface area (Å²) in [6.45, 7) is 2.99. The number of esters is 2. The van der Waals surface area contributed by atoms with Crippen LogP contribution in [-0.2, 0) is 40.4 Å². The molecule has 1 aromatic heterocycles. The van der Waals surface area contributed by atoms with Gasteiger partial charge in [-0.15, -0.1) is 0 Å². The lowest BCUT2D eigenvalue weighted by atomic mass is 10.1. The van der Waals surface area contributed by atoms with Crippen LogP contribution in [0.4, 0.5) is 10.1 Å². The highest BCUT2D eigenvalue weighted by Crippen LogP contribution is 2.25. The third-order valence-electron chi connectivity index (χ3n) is 6.78. The number of nitrogens with zero attached hydrogens (tertiary/aromatic N) is 2. The van der Waals surface area contributed by atoms with Gasteiger partial charge in [0.15, 0.2) is 12.4 Å². The SMILES string of the molecule is CC(C)(C)OC(=O)C[C@H](NC(=O)Cn1c(-c2ccc(F)cc2)ncc(NS(=O)(=O)c2ccccc2)c1=O)C(=O)COC(=O)c1c(Cl)cccc1Cl. The second-order valence-corrected chi connectivity index (χ2v) is 14.4. The first-order valence-electron chi connectivity index (χ1n) is 15.0. The number of Topliss-reactive ketones (excluding diaryl/α,β-unsaturated/α-hetero) is 1. The molecule has 51 heavy (non-hydrogen) atoms. The van der Waals surface area contributed by atoms with E-state index < -0.39 is 81.9 Å². The molecule has 1 amide bonds. The molecule has 0 saturated carbocycles. The number of benzene rings is 3. The van der Waals surface area contributed by atoms with Crippen LogP contribution in [0.2, 0.25) is 10.0 Å². The standard InChI is InChI=1S/C34H31Cl2FN4O9S/c1-34(2,3)50-29(44)16-25(27(42)19-49-33(46)30-23(35)10-7-11-24(30)36)39-28(43)18-41-31(20-12-14-21(37)15-13-20)38-17-26(32(41)45)40-51(47,48)22-8-5-4-6-9-22/h4-15,17,25,40H,16,18-19H2,1-3H3,(H,39,43)/t25-/m0/s1. The number of sulfonamides is 1. The predicted molar refractivity (Wildman–Crippen MR) is 185 cm³/mol. The molecule has 0 aliphatic rings. The Labute approximate surface area is 301 Å². The van der Waals surface area contributed by atoms with E-state index in [4.69, 9.17) is 32.7 Å². The number of halogens is 3. The Hall–Kier alpha value is -5.12. The lowest BCUT2D eigenvalue weighted by Crippen LogP contribution is -2.47. The van der Waals surface area contributed by atoms with E-state index in [1.54, 1.807) is 26.8 Å². The van der Waals surface area contributed by atoms with Crippen LogP contribution in [0.5, 0.6) is 0 Å². The fourth-order valence-electron chi connectivity index (χ4n) is 4.52. The summed E-state index contributed by atoms with van der Waals surface area (Å²) in [5.41, 5.74) is -2.52. The molecule has 4 rings (SSSR count). The summed E-state index contributed by atoms with van der Waals surface area (Å²) in [4.78, 5) is 70.0. The fourth-order valence-corrected chi connectivity index (χ4v) is 6.14. The maximum Gasteiger partial charge on any atom is 0.341 e. The molecular weight excluding hydrogens is 730 g/mol. The highest BCUT2D eigenvalue weighted by Gasteiger charge is 2.29. The number of ether oxygens (including phenoxy) is 2. The number of aromatic nitrogens is 2. The number of nitrogens with one attached hydrogen (secondary N) is 2. The lowest BCUT2D eigenvalue weighted by Gasteiger charge is -2.23. The summed E-state index contributed by atoms with van der Waals surface area (Å²) in [6.07, 6.45) is 0.255. The summed E-state index contributed by atoms with van der Waals surface area (Å²) >= 11 is 12.1. The van der Waals surface area contributed by atoms with Crippen LogP contribution in [0.1, 0.15) is 37.6 Å². The number of amides is 1. The van der Waals surface area contributed by atoms with E-state index >= 15 is 0 Å². The Balaban J connectivity index is 1.64. The summed E-state index contributed by atoms with van der Waals surface area (Å²) in [6, 6.07) is 14.6. The van der Waals surface area contributed by atoms with Crippen molar-refractivity contribution >= 4 is 62.5 Å². The van der Waals surface area contributed by atoms with Gasteiger partial charge in [0, 0.05) is 5.56 Å². The van der Waals surface area contributed by atoms with Crippen LogP contribution in [0.3, 0.4) is 0 Å². The molecule has 0 radical (unpaired) electrons. The Morgan fingerprint density at radius 3 is 2.18 bits per heavy atom. The van der Waals surface area contributed by atoms with Gasteiger partial charge >= 0.3 is 11.9 Å². The zero-order valence-corrected chi connectivity index (χ0v) is 29.6. The van der Waals surface area contributed by atoms with Crippen LogP contribution in [0.15, 0.2) is 88.7 Å². The molecule has 1 atom stereocenters. The van der Waals surface area contributed by atoms with Gasteiger partial charge in [0.1, 0.15) is 35.5 Å². The van der Waals surface area contributed by atoms with Crippen molar-refractivity contribution in [3.8, 4) is 11.4 Å². The number of rotatable bonds is 13. The fraction of sp³-hybridized carbons (Fsp3) is 0.235. The molecule has 4 aromatic rings. The van der Waals surface area contributed by atoms with E-state index in [2.05, 4.69) is 15.0 Å². The Kier molecular flexibility index (Phi) is 12.3. The van der Waals surface area contributed by atoms with E-state index in [0.29, 0.717) is 0 Å². The maximum atomic E-state index is 13.7. The average molecular weight is 762 g/mol. The lowest BCUT2D eigenvalue weighted by molar-refractivity contribution is -0.156. The van der Waals surface area contributed by atoms with Gasteiger partial charge < -0.3 is 14.8 Å². The molecule has 0 unspecified atom stereocenters. The van der Waals surface area contributed by atoms with Crippen molar-refractivity contribution in [1.82, 2.24) is 14.9 Å². The summed E-state index contributed by atoms with van der Waals surface area (Å²) in [5.74, 6) is -4.62. The number of hydrogen-bond acceptors (Lipinski definition) is 10. The summed E-state index contributed by atoms with van der Waals surface area (Å²) in [5, 5.41) is 2.28. The van der Waals surface area contributed by atoms with Gasteiger partial charge in [0.2, 0.25) is 5.91 Å². The minimum atomic E-state index is -4.27. The minimum Gasteiger partial charge on any atom is -0.460 e. The Morgan fingerprint density at radius 2 is 1.57 bits per heavy atom. The normalized spacial score (nSPS) is 12.0. The first kappa shape index (κ1) is 38.7. The second-order valence-electron chi connectivity index (χ2n) is 11.9. The Morgan fingerprint density at radius 1 is 0.941 bits per heavy atom. The molecular formula is C34H31Cl2FN4O9S. The molecule has 13 nitrogen and oxygen atoms in total. The van der Waals surface area contributed by atoms with Crippen molar-refractivity contribution < 1.29 is 41.5 Å². The van der Waals surface area contributed by atoms with Gasteiger partial charge in [0.25, 0.3) is 15.6 Å². The van der Waals surface area contributed by atoms with Crippen molar-refractivity contribution in [2.24, 2.45) is 0 Å². The van der Waals surface area contributed by atoms with Gasteiger partial charge in [-0.05, 0) is 69.3 Å². The highest BCUT2D eigenvalue weighted by molar-refractivity contribution is 7.92.